The predicted molar refractivity (Wildman–Crippen MR) is 110 cm³/mol. The van der Waals surface area contributed by atoms with Crippen LogP contribution in [0.4, 0.5) is 4.79 Å². The topological polar surface area (TPSA) is 73.9 Å². The molecule has 8 aliphatic carbocycles. The molecule has 12 unspecified atom stereocenters. The van der Waals surface area contributed by atoms with Crippen LogP contribution in [0.1, 0.15) is 51.4 Å². The van der Waals surface area contributed by atoms with Crippen molar-refractivity contribution in [1.82, 2.24) is 5.32 Å². The van der Waals surface area contributed by atoms with Crippen molar-refractivity contribution < 1.29 is 23.8 Å². The van der Waals surface area contributed by atoms with Crippen LogP contribution in [0, 0.1) is 65.1 Å². The summed E-state index contributed by atoms with van der Waals surface area (Å²) < 4.78 is 17.6. The zero-order chi connectivity index (χ0) is 20.9. The van der Waals surface area contributed by atoms with E-state index in [1.165, 1.54) is 32.1 Å². The standard InChI is InChI=1S/C25H35NO5/c1-26-25(28)31-20-9-14-8-19(20)22-17-6-13(21(14)22)7-18(17)24(27)30-10-29-23-15-3-11-2-12(5-15)16(23)4-11/h11-23H,2-10H2,1H3,(H,26,28)/t11?,12?,13?,14?,15?,16?,17?,18?,19?,20?,21-,22?,23?/m0/s1. The molecule has 0 aliphatic heterocycles. The lowest BCUT2D eigenvalue weighted by Gasteiger charge is -2.40. The van der Waals surface area contributed by atoms with Gasteiger partial charge >= 0.3 is 12.1 Å². The highest BCUT2D eigenvalue weighted by Gasteiger charge is 2.66. The second-order valence-electron chi connectivity index (χ2n) is 12.0. The van der Waals surface area contributed by atoms with E-state index in [0.717, 1.165) is 42.9 Å². The van der Waals surface area contributed by atoms with Crippen LogP contribution in [0.5, 0.6) is 0 Å². The normalized spacial score (nSPS) is 54.4. The number of rotatable bonds is 5. The van der Waals surface area contributed by atoms with E-state index in [2.05, 4.69) is 5.32 Å². The number of amides is 1. The quantitative estimate of drug-likeness (QED) is 0.411. The molecule has 31 heavy (non-hydrogen) atoms. The molecule has 1 amide bonds. The molecule has 8 saturated carbocycles. The van der Waals surface area contributed by atoms with Crippen LogP contribution in [0.15, 0.2) is 0 Å². The van der Waals surface area contributed by atoms with Crippen molar-refractivity contribution in [2.75, 3.05) is 13.8 Å². The van der Waals surface area contributed by atoms with Gasteiger partial charge in [0, 0.05) is 7.05 Å². The first-order valence-corrected chi connectivity index (χ1v) is 12.8. The average molecular weight is 430 g/mol. The van der Waals surface area contributed by atoms with Gasteiger partial charge in [-0.05, 0) is 111 Å². The van der Waals surface area contributed by atoms with Gasteiger partial charge in [-0.25, -0.2) is 4.79 Å². The first-order valence-electron chi connectivity index (χ1n) is 12.8. The summed E-state index contributed by atoms with van der Waals surface area (Å²) in [6.45, 7) is 0.143. The fourth-order valence-electron chi connectivity index (χ4n) is 10.4. The van der Waals surface area contributed by atoms with Crippen molar-refractivity contribution in [3.05, 3.63) is 0 Å². The summed E-state index contributed by atoms with van der Waals surface area (Å²) in [6, 6.07) is 0. The number of nitrogens with one attached hydrogen (secondary N) is 1. The Bertz CT molecular complexity index is 782. The minimum absolute atomic E-state index is 0.0192. The van der Waals surface area contributed by atoms with Crippen molar-refractivity contribution >= 4 is 12.1 Å². The summed E-state index contributed by atoms with van der Waals surface area (Å²) in [4.78, 5) is 24.8. The number of carbonyl (C=O) groups excluding carboxylic acids is 2. The minimum atomic E-state index is -0.320. The molecule has 0 spiro atoms. The Morgan fingerprint density at radius 3 is 2.45 bits per heavy atom. The Morgan fingerprint density at radius 2 is 1.61 bits per heavy atom. The highest BCUT2D eigenvalue weighted by Crippen LogP contribution is 2.69. The van der Waals surface area contributed by atoms with Crippen LogP contribution < -0.4 is 5.32 Å². The lowest BCUT2D eigenvalue weighted by molar-refractivity contribution is -0.175. The van der Waals surface area contributed by atoms with Gasteiger partial charge in [-0.3, -0.25) is 4.79 Å². The third kappa shape index (κ3) is 2.72. The lowest BCUT2D eigenvalue weighted by Crippen LogP contribution is -2.42. The smallest absolute Gasteiger partial charge is 0.407 e. The lowest BCUT2D eigenvalue weighted by atomic mass is 9.67. The maximum absolute atomic E-state index is 13.0. The maximum atomic E-state index is 13.0. The fourth-order valence-corrected chi connectivity index (χ4v) is 10.4. The van der Waals surface area contributed by atoms with Crippen LogP contribution in [-0.4, -0.2) is 38.1 Å². The van der Waals surface area contributed by atoms with E-state index in [1.54, 1.807) is 7.05 Å². The largest absolute Gasteiger partial charge is 0.446 e. The molecule has 8 bridgehead atoms. The molecule has 0 aromatic carbocycles. The van der Waals surface area contributed by atoms with Crippen LogP contribution in [0.25, 0.3) is 0 Å². The number of carbonyl (C=O) groups is 2. The van der Waals surface area contributed by atoms with E-state index in [9.17, 15) is 9.59 Å². The van der Waals surface area contributed by atoms with Crippen molar-refractivity contribution in [3.8, 4) is 0 Å². The maximum Gasteiger partial charge on any atom is 0.407 e. The van der Waals surface area contributed by atoms with Gasteiger partial charge in [0.15, 0.2) is 6.79 Å². The molecule has 0 aromatic heterocycles. The third-order valence-corrected chi connectivity index (χ3v) is 11.0. The highest BCUT2D eigenvalue weighted by molar-refractivity contribution is 5.73. The Kier molecular flexibility index (Phi) is 4.24. The van der Waals surface area contributed by atoms with Crippen LogP contribution in [0.2, 0.25) is 0 Å². The van der Waals surface area contributed by atoms with Gasteiger partial charge in [-0.1, -0.05) is 0 Å². The molecule has 170 valence electrons. The summed E-state index contributed by atoms with van der Waals surface area (Å²) in [7, 11) is 1.62. The zero-order valence-electron chi connectivity index (χ0n) is 18.4. The zero-order valence-corrected chi connectivity index (χ0v) is 18.4. The molecule has 0 saturated heterocycles. The summed E-state index contributed by atoms with van der Waals surface area (Å²) in [5.41, 5.74) is 0. The molecular weight excluding hydrogens is 394 g/mol. The second-order valence-corrected chi connectivity index (χ2v) is 12.0. The summed E-state index contributed by atoms with van der Waals surface area (Å²) in [5.74, 6) is 6.66. The van der Waals surface area contributed by atoms with Crippen LogP contribution in [-0.2, 0) is 19.0 Å². The van der Waals surface area contributed by atoms with E-state index in [-0.39, 0.29) is 30.9 Å². The molecule has 0 radical (unpaired) electrons. The number of fused-ring (bicyclic) bond motifs is 9. The van der Waals surface area contributed by atoms with Gasteiger partial charge in [0.2, 0.25) is 0 Å². The Hall–Kier alpha value is -1.30. The predicted octanol–water partition coefficient (Wildman–Crippen LogP) is 3.59. The molecule has 0 heterocycles. The minimum Gasteiger partial charge on any atom is -0.446 e. The van der Waals surface area contributed by atoms with Crippen molar-refractivity contribution in [1.29, 1.82) is 0 Å². The van der Waals surface area contributed by atoms with Gasteiger partial charge in [0.1, 0.15) is 6.10 Å². The third-order valence-electron chi connectivity index (χ3n) is 11.0. The first-order chi connectivity index (χ1) is 15.1. The SMILES string of the molecule is CNC(=O)OC1CC2CC1C1C3CC(CC3C(=O)OCOC3C4CC5CC(C4)C3C5)[C@@H]21. The Balaban J connectivity index is 0.966. The molecule has 8 fully saturated rings. The van der Waals surface area contributed by atoms with Crippen LogP contribution in [0.3, 0.4) is 0 Å². The van der Waals surface area contributed by atoms with Gasteiger partial charge in [0.25, 0.3) is 0 Å². The molecular formula is C25H35NO5. The molecule has 13 atom stereocenters. The van der Waals surface area contributed by atoms with Crippen molar-refractivity contribution in [2.45, 2.75) is 63.6 Å². The second kappa shape index (κ2) is 6.85. The van der Waals surface area contributed by atoms with E-state index < -0.39 is 0 Å². The summed E-state index contributed by atoms with van der Waals surface area (Å²) >= 11 is 0. The highest BCUT2D eigenvalue weighted by atomic mass is 16.7. The summed E-state index contributed by atoms with van der Waals surface area (Å²) in [6.07, 6.45) is 9.75. The van der Waals surface area contributed by atoms with Gasteiger partial charge in [-0.2, -0.15) is 0 Å². The molecule has 8 rings (SSSR count). The van der Waals surface area contributed by atoms with E-state index in [4.69, 9.17) is 14.2 Å². The van der Waals surface area contributed by atoms with E-state index in [1.807, 2.05) is 0 Å². The molecule has 1 N–H and O–H groups in total. The monoisotopic (exact) mass is 429 g/mol. The Labute approximate surface area is 184 Å². The number of esters is 1. The van der Waals surface area contributed by atoms with E-state index in [0.29, 0.717) is 41.6 Å². The Morgan fingerprint density at radius 1 is 0.806 bits per heavy atom. The average Bonchev–Trinajstić information content (AvgIpc) is 3.57. The number of alkyl carbamates (subject to hydrolysis) is 1. The van der Waals surface area contributed by atoms with Gasteiger partial charge in [-0.15, -0.1) is 0 Å². The van der Waals surface area contributed by atoms with E-state index >= 15 is 0 Å². The van der Waals surface area contributed by atoms with Gasteiger partial charge < -0.3 is 19.5 Å². The molecule has 8 aliphatic rings. The number of hydrogen-bond acceptors (Lipinski definition) is 5. The molecule has 6 heteroatoms. The van der Waals surface area contributed by atoms with Crippen molar-refractivity contribution in [2.24, 2.45) is 65.1 Å². The number of hydrogen-bond donors (Lipinski definition) is 1. The fraction of sp³-hybridized carbons (Fsp3) is 0.920. The van der Waals surface area contributed by atoms with Crippen LogP contribution >= 0.6 is 0 Å². The number of ether oxygens (including phenoxy) is 3. The molecule has 0 aromatic rings. The van der Waals surface area contributed by atoms with Crippen molar-refractivity contribution in [3.63, 3.8) is 0 Å². The first kappa shape index (κ1) is 19.2. The van der Waals surface area contributed by atoms with Gasteiger partial charge in [0.05, 0.1) is 12.0 Å². The summed E-state index contributed by atoms with van der Waals surface area (Å²) in [5, 5.41) is 2.59. The molecule has 6 nitrogen and oxygen atoms in total.